The first-order chi connectivity index (χ1) is 16.9. The highest BCUT2D eigenvalue weighted by atomic mass is 32.2. The molecule has 4 rings (SSSR count). The molecule has 1 N–H and O–H groups in total. The molecule has 0 saturated carbocycles. The number of nitrogens with zero attached hydrogens (tertiary/aromatic N) is 3. The molecule has 0 bridgehead atoms. The average molecular weight is 500 g/mol. The number of aryl methyl sites for hydroxylation is 1. The maximum Gasteiger partial charge on any atom is 0.303 e. The summed E-state index contributed by atoms with van der Waals surface area (Å²) in [5, 5.41) is 10.3. The van der Waals surface area contributed by atoms with Crippen LogP contribution >= 0.6 is 11.8 Å². The molecule has 1 fully saturated rings. The molecule has 3 atom stereocenters. The van der Waals surface area contributed by atoms with E-state index in [1.165, 1.54) is 4.90 Å². The summed E-state index contributed by atoms with van der Waals surface area (Å²) < 4.78 is 22.8. The number of thioether (sulfide) groups is 1. The lowest BCUT2D eigenvalue weighted by Crippen LogP contribution is -2.42. The summed E-state index contributed by atoms with van der Waals surface area (Å²) >= 11 is 1.82. The number of methoxy groups -OCH3 is 1. The minimum absolute atomic E-state index is 0.0458. The number of rotatable bonds is 11. The number of aromatic nitrogens is 2. The van der Waals surface area contributed by atoms with Crippen LogP contribution < -0.4 is 4.74 Å². The van der Waals surface area contributed by atoms with E-state index in [0.717, 1.165) is 42.7 Å². The Bertz CT molecular complexity index is 1140. The Balaban J connectivity index is 1.35. The van der Waals surface area contributed by atoms with E-state index >= 15 is 4.39 Å². The van der Waals surface area contributed by atoms with Crippen LogP contribution in [-0.4, -0.2) is 58.0 Å². The van der Waals surface area contributed by atoms with Gasteiger partial charge in [-0.05, 0) is 73.5 Å². The molecule has 1 aliphatic rings. The molecule has 0 radical (unpaired) electrons. The standard InChI is InChI=1S/C27H34FN3O3S/c1-30-11-9-22(18-30)35-14-13-31-12-8-19(20(17-31)15-27(32)33)3-5-25(28)23-7-10-29-26-6-4-21(34-2)16-24(23)26/h4,6-7,9-11,16,18-20,25H,3,5,8,12-15,17H2,1-2H3,(H,32,33)/t19-,20+,25-/m1/s1. The van der Waals surface area contributed by atoms with Crippen molar-refractivity contribution in [3.05, 3.63) is 54.5 Å². The maximum absolute atomic E-state index is 15.5. The number of hydrogen-bond donors (Lipinski definition) is 1. The van der Waals surface area contributed by atoms with Gasteiger partial charge in [0.25, 0.3) is 0 Å². The zero-order chi connectivity index (χ0) is 24.8. The Morgan fingerprint density at radius 3 is 2.91 bits per heavy atom. The Kier molecular flexibility index (Phi) is 8.68. The molecule has 2 aromatic heterocycles. The van der Waals surface area contributed by atoms with E-state index in [4.69, 9.17) is 4.74 Å². The van der Waals surface area contributed by atoms with Gasteiger partial charge in [0.2, 0.25) is 0 Å². The monoisotopic (exact) mass is 499 g/mol. The fourth-order valence-electron chi connectivity index (χ4n) is 5.11. The number of pyridine rings is 1. The predicted molar refractivity (Wildman–Crippen MR) is 138 cm³/mol. The first kappa shape index (κ1) is 25.5. The number of carboxylic acids is 1. The molecule has 3 aromatic rings. The number of fused-ring (bicyclic) bond motifs is 1. The maximum atomic E-state index is 15.5. The second-order valence-electron chi connectivity index (χ2n) is 9.40. The van der Waals surface area contributed by atoms with Crippen molar-refractivity contribution in [3.8, 4) is 5.75 Å². The molecule has 0 amide bonds. The van der Waals surface area contributed by atoms with E-state index in [2.05, 4.69) is 22.1 Å². The number of aliphatic carboxylic acids is 1. The number of hydrogen-bond acceptors (Lipinski definition) is 5. The van der Waals surface area contributed by atoms with Crippen molar-refractivity contribution in [1.29, 1.82) is 0 Å². The van der Waals surface area contributed by atoms with Gasteiger partial charge in [-0.2, -0.15) is 0 Å². The van der Waals surface area contributed by atoms with Crippen LogP contribution in [0.15, 0.2) is 53.8 Å². The minimum atomic E-state index is -1.13. The lowest BCUT2D eigenvalue weighted by Gasteiger charge is -2.38. The number of alkyl halides is 1. The predicted octanol–water partition coefficient (Wildman–Crippen LogP) is 5.58. The van der Waals surface area contributed by atoms with Crippen LogP contribution in [0.2, 0.25) is 0 Å². The molecule has 0 spiro atoms. The third kappa shape index (κ3) is 6.76. The van der Waals surface area contributed by atoms with Gasteiger partial charge >= 0.3 is 5.97 Å². The van der Waals surface area contributed by atoms with Crippen LogP contribution in [0.4, 0.5) is 4.39 Å². The molecule has 8 heteroatoms. The fraction of sp³-hybridized carbons (Fsp3) is 0.481. The van der Waals surface area contributed by atoms with Gasteiger partial charge in [-0.25, -0.2) is 4.39 Å². The van der Waals surface area contributed by atoms with Crippen LogP contribution in [0, 0.1) is 11.8 Å². The summed E-state index contributed by atoms with van der Waals surface area (Å²) in [5.41, 5.74) is 1.37. The molecule has 3 heterocycles. The zero-order valence-electron chi connectivity index (χ0n) is 20.4. The summed E-state index contributed by atoms with van der Waals surface area (Å²) in [6.45, 7) is 2.63. The molecular weight excluding hydrogens is 465 g/mol. The van der Waals surface area contributed by atoms with E-state index in [0.29, 0.717) is 24.2 Å². The van der Waals surface area contributed by atoms with Gasteiger partial charge in [-0.3, -0.25) is 9.78 Å². The molecule has 0 unspecified atom stereocenters. The van der Waals surface area contributed by atoms with Gasteiger partial charge in [-0.1, -0.05) is 0 Å². The molecule has 35 heavy (non-hydrogen) atoms. The quantitative estimate of drug-likeness (QED) is 0.348. The number of likely N-dealkylation sites (tertiary alicyclic amines) is 1. The molecule has 1 aromatic carbocycles. The molecule has 6 nitrogen and oxygen atoms in total. The Hall–Kier alpha value is -2.58. The molecular formula is C27H34FN3O3S. The Morgan fingerprint density at radius 2 is 2.17 bits per heavy atom. The van der Waals surface area contributed by atoms with Crippen molar-refractivity contribution in [1.82, 2.24) is 14.5 Å². The summed E-state index contributed by atoms with van der Waals surface area (Å²) in [6.07, 6.45) is 6.78. The topological polar surface area (TPSA) is 67.6 Å². The number of carbonyl (C=O) groups is 1. The second kappa shape index (κ2) is 11.9. The number of carboxylic acid groups (broad SMARTS) is 1. The van der Waals surface area contributed by atoms with E-state index < -0.39 is 12.1 Å². The van der Waals surface area contributed by atoms with E-state index in [1.54, 1.807) is 19.4 Å². The third-order valence-corrected chi connectivity index (χ3v) is 7.97. The zero-order valence-corrected chi connectivity index (χ0v) is 21.2. The van der Waals surface area contributed by atoms with Gasteiger partial charge in [-0.15, -0.1) is 11.8 Å². The summed E-state index contributed by atoms with van der Waals surface area (Å²) in [4.78, 5) is 19.5. The minimum Gasteiger partial charge on any atom is -0.497 e. The number of halogens is 1. The van der Waals surface area contributed by atoms with Gasteiger partial charge < -0.3 is 19.3 Å². The van der Waals surface area contributed by atoms with E-state index in [9.17, 15) is 9.90 Å². The highest BCUT2D eigenvalue weighted by molar-refractivity contribution is 7.99. The summed E-state index contributed by atoms with van der Waals surface area (Å²) in [5.74, 6) is 1.14. The molecule has 188 valence electrons. The van der Waals surface area contributed by atoms with Crippen LogP contribution in [-0.2, 0) is 11.8 Å². The van der Waals surface area contributed by atoms with Crippen molar-refractivity contribution >= 4 is 28.6 Å². The number of ether oxygens (including phenoxy) is 1. The smallest absolute Gasteiger partial charge is 0.303 e. The average Bonchev–Trinajstić information content (AvgIpc) is 3.27. The van der Waals surface area contributed by atoms with Gasteiger partial charge in [0.05, 0.1) is 12.6 Å². The lowest BCUT2D eigenvalue weighted by molar-refractivity contribution is -0.139. The second-order valence-corrected chi connectivity index (χ2v) is 10.6. The highest BCUT2D eigenvalue weighted by Crippen LogP contribution is 2.36. The van der Waals surface area contributed by atoms with Crippen molar-refractivity contribution in [2.45, 2.75) is 36.8 Å². The van der Waals surface area contributed by atoms with Crippen LogP contribution in [0.5, 0.6) is 5.75 Å². The van der Waals surface area contributed by atoms with Crippen molar-refractivity contribution in [2.75, 3.05) is 32.5 Å². The van der Waals surface area contributed by atoms with E-state index in [-0.39, 0.29) is 18.3 Å². The fourth-order valence-corrected chi connectivity index (χ4v) is 6.10. The number of benzene rings is 1. The molecule has 1 aliphatic heterocycles. The van der Waals surface area contributed by atoms with Crippen molar-refractivity contribution < 1.29 is 19.0 Å². The van der Waals surface area contributed by atoms with Crippen LogP contribution in [0.25, 0.3) is 10.9 Å². The van der Waals surface area contributed by atoms with Gasteiger partial charge in [0.15, 0.2) is 0 Å². The van der Waals surface area contributed by atoms with Crippen LogP contribution in [0.3, 0.4) is 0 Å². The third-order valence-electron chi connectivity index (χ3n) is 7.00. The van der Waals surface area contributed by atoms with Crippen LogP contribution in [0.1, 0.15) is 37.4 Å². The number of piperidine rings is 1. The molecule has 0 aliphatic carbocycles. The van der Waals surface area contributed by atoms with Gasteiger partial charge in [0, 0.05) is 61.2 Å². The van der Waals surface area contributed by atoms with E-state index in [1.807, 2.05) is 47.8 Å². The van der Waals surface area contributed by atoms with Crippen molar-refractivity contribution in [2.24, 2.45) is 18.9 Å². The summed E-state index contributed by atoms with van der Waals surface area (Å²) in [7, 11) is 3.61. The normalized spacial score (nSPS) is 19.6. The largest absolute Gasteiger partial charge is 0.497 e. The first-order valence-electron chi connectivity index (χ1n) is 12.2. The lowest BCUT2D eigenvalue weighted by atomic mass is 9.79. The van der Waals surface area contributed by atoms with Gasteiger partial charge in [0.1, 0.15) is 11.9 Å². The SMILES string of the molecule is COc1ccc2nccc([C@H](F)CC[C@@H]3CCN(CCSc4ccn(C)c4)C[C@@H]3CC(=O)O)c2c1. The first-order valence-corrected chi connectivity index (χ1v) is 13.2. The Morgan fingerprint density at radius 1 is 1.31 bits per heavy atom. The highest BCUT2D eigenvalue weighted by Gasteiger charge is 2.31. The molecule has 1 saturated heterocycles. The summed E-state index contributed by atoms with van der Waals surface area (Å²) in [6, 6.07) is 9.37. The Labute approximate surface area is 210 Å². The van der Waals surface area contributed by atoms with Crippen molar-refractivity contribution in [3.63, 3.8) is 0 Å².